The van der Waals surface area contributed by atoms with Crippen molar-refractivity contribution in [2.75, 3.05) is 38.6 Å². The van der Waals surface area contributed by atoms with E-state index >= 15 is 0 Å². The molecule has 0 aromatic carbocycles. The van der Waals surface area contributed by atoms with Gasteiger partial charge in [-0.25, -0.2) is 0 Å². The molecular weight excluding hydrogens is 238 g/mol. The predicted octanol–water partition coefficient (Wildman–Crippen LogP) is 0.760. The van der Waals surface area contributed by atoms with Crippen molar-refractivity contribution in [3.8, 4) is 0 Å². The average Bonchev–Trinajstić information content (AvgIpc) is 2.85. The maximum Gasteiger partial charge on any atom is 0.129 e. The van der Waals surface area contributed by atoms with Crippen molar-refractivity contribution in [3.05, 3.63) is 11.3 Å². The van der Waals surface area contributed by atoms with E-state index in [1.807, 2.05) is 11.7 Å². The highest BCUT2D eigenvalue weighted by atomic mass is 15.4. The van der Waals surface area contributed by atoms with E-state index in [4.69, 9.17) is 5.73 Å². The first-order valence-electron chi connectivity index (χ1n) is 7.18. The summed E-state index contributed by atoms with van der Waals surface area (Å²) in [5.74, 6) is 1.23. The van der Waals surface area contributed by atoms with Crippen molar-refractivity contribution >= 4 is 5.82 Å². The number of anilines is 1. The lowest BCUT2D eigenvalue weighted by Gasteiger charge is -2.28. The molecule has 1 unspecified atom stereocenters. The molecule has 1 aliphatic rings. The van der Waals surface area contributed by atoms with E-state index < -0.39 is 0 Å². The molecule has 108 valence electrons. The SMILES string of the molecule is Cc1nn(C)c(N(C)CC2CCCN2C)c1CCN. The van der Waals surface area contributed by atoms with Gasteiger partial charge >= 0.3 is 0 Å². The molecule has 0 radical (unpaired) electrons. The number of aryl methyl sites for hydroxylation is 2. The third kappa shape index (κ3) is 2.92. The summed E-state index contributed by atoms with van der Waals surface area (Å²) in [7, 11) is 6.42. The van der Waals surface area contributed by atoms with Crippen molar-refractivity contribution in [2.24, 2.45) is 12.8 Å². The molecular formula is C14H27N5. The number of nitrogens with zero attached hydrogens (tertiary/aromatic N) is 4. The van der Waals surface area contributed by atoms with Gasteiger partial charge in [-0.05, 0) is 46.3 Å². The van der Waals surface area contributed by atoms with Gasteiger partial charge in [-0.2, -0.15) is 5.10 Å². The molecule has 1 fully saturated rings. The second-order valence-electron chi connectivity index (χ2n) is 5.71. The van der Waals surface area contributed by atoms with Gasteiger partial charge in [0.05, 0.1) is 5.69 Å². The summed E-state index contributed by atoms with van der Waals surface area (Å²) in [6, 6.07) is 0.658. The predicted molar refractivity (Wildman–Crippen MR) is 79.6 cm³/mol. The molecule has 1 atom stereocenters. The van der Waals surface area contributed by atoms with Gasteiger partial charge in [0.2, 0.25) is 0 Å². The minimum Gasteiger partial charge on any atom is -0.358 e. The first-order valence-corrected chi connectivity index (χ1v) is 7.18. The van der Waals surface area contributed by atoms with Crippen LogP contribution in [0.2, 0.25) is 0 Å². The minimum atomic E-state index is 0.658. The molecule has 2 rings (SSSR count). The first kappa shape index (κ1) is 14.3. The van der Waals surface area contributed by atoms with Crippen LogP contribution in [0.5, 0.6) is 0 Å². The summed E-state index contributed by atoms with van der Waals surface area (Å²) in [6.07, 6.45) is 3.51. The molecule has 0 spiro atoms. The smallest absolute Gasteiger partial charge is 0.129 e. The second-order valence-corrected chi connectivity index (χ2v) is 5.71. The number of likely N-dealkylation sites (N-methyl/N-ethyl adjacent to an activating group) is 2. The third-order valence-corrected chi connectivity index (χ3v) is 4.23. The topological polar surface area (TPSA) is 50.3 Å². The second kappa shape index (κ2) is 5.92. The zero-order valence-electron chi connectivity index (χ0n) is 12.7. The Kier molecular flexibility index (Phi) is 4.47. The number of hydrogen-bond acceptors (Lipinski definition) is 4. The van der Waals surface area contributed by atoms with E-state index in [9.17, 15) is 0 Å². The molecule has 1 aromatic heterocycles. The van der Waals surface area contributed by atoms with Crippen LogP contribution in [0.25, 0.3) is 0 Å². The molecule has 2 N–H and O–H groups in total. The van der Waals surface area contributed by atoms with Crippen molar-refractivity contribution in [2.45, 2.75) is 32.2 Å². The van der Waals surface area contributed by atoms with Crippen LogP contribution in [0.15, 0.2) is 0 Å². The molecule has 1 aliphatic heterocycles. The molecule has 0 amide bonds. The molecule has 1 saturated heterocycles. The van der Waals surface area contributed by atoms with Crippen LogP contribution >= 0.6 is 0 Å². The lowest BCUT2D eigenvalue weighted by atomic mass is 10.1. The van der Waals surface area contributed by atoms with Crippen LogP contribution in [0.4, 0.5) is 5.82 Å². The van der Waals surface area contributed by atoms with Gasteiger partial charge < -0.3 is 15.5 Å². The van der Waals surface area contributed by atoms with Gasteiger partial charge in [0, 0.05) is 32.2 Å². The fraction of sp³-hybridized carbons (Fsp3) is 0.786. The van der Waals surface area contributed by atoms with Crippen LogP contribution in [-0.4, -0.2) is 54.5 Å². The highest BCUT2D eigenvalue weighted by Gasteiger charge is 2.24. The summed E-state index contributed by atoms with van der Waals surface area (Å²) in [4.78, 5) is 4.81. The quantitative estimate of drug-likeness (QED) is 0.854. The molecule has 0 aliphatic carbocycles. The van der Waals surface area contributed by atoms with Crippen molar-refractivity contribution in [1.82, 2.24) is 14.7 Å². The summed E-state index contributed by atoms with van der Waals surface area (Å²) in [6.45, 7) is 5.03. The Morgan fingerprint density at radius 3 is 2.74 bits per heavy atom. The Bertz CT molecular complexity index is 426. The Balaban J connectivity index is 2.15. The van der Waals surface area contributed by atoms with E-state index in [1.54, 1.807) is 0 Å². The van der Waals surface area contributed by atoms with Crippen LogP contribution in [0.1, 0.15) is 24.1 Å². The van der Waals surface area contributed by atoms with Gasteiger partial charge in [0.1, 0.15) is 5.82 Å². The Morgan fingerprint density at radius 2 is 2.16 bits per heavy atom. The van der Waals surface area contributed by atoms with Crippen molar-refractivity contribution < 1.29 is 0 Å². The lowest BCUT2D eigenvalue weighted by molar-refractivity contribution is 0.313. The van der Waals surface area contributed by atoms with Crippen molar-refractivity contribution in [1.29, 1.82) is 0 Å². The number of aromatic nitrogens is 2. The van der Waals surface area contributed by atoms with Crippen LogP contribution in [-0.2, 0) is 13.5 Å². The van der Waals surface area contributed by atoms with Gasteiger partial charge in [-0.1, -0.05) is 0 Å². The number of rotatable bonds is 5. The summed E-state index contributed by atoms with van der Waals surface area (Å²) in [5.41, 5.74) is 8.13. The van der Waals surface area contributed by atoms with E-state index in [1.165, 1.54) is 30.8 Å². The van der Waals surface area contributed by atoms with E-state index in [-0.39, 0.29) is 0 Å². The Hall–Kier alpha value is -1.07. The number of nitrogens with two attached hydrogens (primary N) is 1. The zero-order chi connectivity index (χ0) is 14.0. The highest BCUT2D eigenvalue weighted by Crippen LogP contribution is 2.24. The molecule has 1 aromatic rings. The molecule has 0 bridgehead atoms. The van der Waals surface area contributed by atoms with Crippen LogP contribution in [0.3, 0.4) is 0 Å². The van der Waals surface area contributed by atoms with Crippen molar-refractivity contribution in [3.63, 3.8) is 0 Å². The lowest BCUT2D eigenvalue weighted by Crippen LogP contribution is -2.37. The normalized spacial score (nSPS) is 20.2. The Morgan fingerprint density at radius 1 is 1.42 bits per heavy atom. The van der Waals surface area contributed by atoms with Crippen LogP contribution in [0, 0.1) is 6.92 Å². The molecule has 5 nitrogen and oxygen atoms in total. The fourth-order valence-corrected chi connectivity index (χ4v) is 3.22. The van der Waals surface area contributed by atoms with Gasteiger partial charge in [-0.15, -0.1) is 0 Å². The number of likely N-dealkylation sites (tertiary alicyclic amines) is 1. The fourth-order valence-electron chi connectivity index (χ4n) is 3.22. The van der Waals surface area contributed by atoms with E-state index in [2.05, 4.69) is 35.9 Å². The molecule has 19 heavy (non-hydrogen) atoms. The summed E-state index contributed by atoms with van der Waals surface area (Å²) < 4.78 is 2.00. The van der Waals surface area contributed by atoms with E-state index in [0.717, 1.165) is 18.7 Å². The first-order chi connectivity index (χ1) is 9.04. The maximum absolute atomic E-state index is 5.73. The number of hydrogen-bond donors (Lipinski definition) is 1. The summed E-state index contributed by atoms with van der Waals surface area (Å²) >= 11 is 0. The maximum atomic E-state index is 5.73. The third-order valence-electron chi connectivity index (χ3n) is 4.23. The van der Waals surface area contributed by atoms with Crippen LogP contribution < -0.4 is 10.6 Å². The van der Waals surface area contributed by atoms with Gasteiger partial charge in [-0.3, -0.25) is 4.68 Å². The zero-order valence-corrected chi connectivity index (χ0v) is 12.7. The average molecular weight is 265 g/mol. The molecule has 2 heterocycles. The Labute approximate surface area is 116 Å². The molecule has 5 heteroatoms. The highest BCUT2D eigenvalue weighted by molar-refractivity contribution is 5.50. The monoisotopic (exact) mass is 265 g/mol. The minimum absolute atomic E-state index is 0.658. The van der Waals surface area contributed by atoms with E-state index in [0.29, 0.717) is 12.6 Å². The largest absolute Gasteiger partial charge is 0.358 e. The van der Waals surface area contributed by atoms with Gasteiger partial charge in [0.25, 0.3) is 0 Å². The van der Waals surface area contributed by atoms with Gasteiger partial charge in [0.15, 0.2) is 0 Å². The standard InChI is InChI=1S/C14H27N5/c1-11-13(7-8-15)14(19(4)16-11)18(3)10-12-6-5-9-17(12)2/h12H,5-10,15H2,1-4H3. The summed E-state index contributed by atoms with van der Waals surface area (Å²) in [5, 5.41) is 4.55. The molecule has 0 saturated carbocycles.